The van der Waals surface area contributed by atoms with Gasteiger partial charge >= 0.3 is 0 Å². The third-order valence-electron chi connectivity index (χ3n) is 5.18. The SMILES string of the molecule is O=C(c1c(Cl)ccc2cn[nH]c12)N1CCOCC(C2CCC2)C1. The molecule has 1 aliphatic carbocycles. The number of rotatable bonds is 2. The van der Waals surface area contributed by atoms with Crippen LogP contribution in [0, 0.1) is 11.8 Å². The highest BCUT2D eigenvalue weighted by Crippen LogP contribution is 2.35. The Hall–Kier alpha value is -1.59. The lowest BCUT2D eigenvalue weighted by Crippen LogP contribution is -2.39. The number of aromatic amines is 1. The van der Waals surface area contributed by atoms with Crippen molar-refractivity contribution < 1.29 is 9.53 Å². The van der Waals surface area contributed by atoms with Gasteiger partial charge in [0.25, 0.3) is 5.91 Å². The van der Waals surface area contributed by atoms with Gasteiger partial charge in [-0.25, -0.2) is 0 Å². The van der Waals surface area contributed by atoms with Crippen LogP contribution in [0.4, 0.5) is 0 Å². The van der Waals surface area contributed by atoms with Crippen LogP contribution in [-0.4, -0.2) is 47.3 Å². The van der Waals surface area contributed by atoms with Crippen LogP contribution in [0.1, 0.15) is 29.6 Å². The van der Waals surface area contributed by atoms with E-state index in [9.17, 15) is 4.79 Å². The van der Waals surface area contributed by atoms with E-state index < -0.39 is 0 Å². The summed E-state index contributed by atoms with van der Waals surface area (Å²) >= 11 is 6.33. The number of carbonyl (C=O) groups is 1. The van der Waals surface area contributed by atoms with Crippen LogP contribution in [0.5, 0.6) is 0 Å². The molecular formula is C17H20ClN3O2. The van der Waals surface area contributed by atoms with E-state index in [1.165, 1.54) is 19.3 Å². The van der Waals surface area contributed by atoms with Gasteiger partial charge in [0.15, 0.2) is 0 Å². The number of hydrogen-bond acceptors (Lipinski definition) is 3. The number of nitrogens with zero attached hydrogens (tertiary/aromatic N) is 2. The molecule has 1 N–H and O–H groups in total. The third kappa shape index (κ3) is 2.72. The normalized spacial score (nSPS) is 22.8. The molecule has 1 atom stereocenters. The van der Waals surface area contributed by atoms with E-state index in [1.807, 2.05) is 11.0 Å². The van der Waals surface area contributed by atoms with Crippen molar-refractivity contribution in [3.05, 3.63) is 28.9 Å². The number of halogens is 1. The molecule has 0 spiro atoms. The van der Waals surface area contributed by atoms with Gasteiger partial charge in [-0.2, -0.15) is 5.10 Å². The first-order valence-corrected chi connectivity index (χ1v) is 8.60. The fraction of sp³-hybridized carbons (Fsp3) is 0.529. The van der Waals surface area contributed by atoms with Gasteiger partial charge in [-0.1, -0.05) is 30.9 Å². The minimum atomic E-state index is -0.0281. The predicted octanol–water partition coefficient (Wildman–Crippen LogP) is 3.11. The fourth-order valence-corrected chi connectivity index (χ4v) is 3.81. The molecule has 1 unspecified atom stereocenters. The number of H-pyrrole nitrogens is 1. The molecule has 2 aromatic rings. The van der Waals surface area contributed by atoms with Gasteiger partial charge in [0.2, 0.25) is 0 Å². The van der Waals surface area contributed by atoms with Gasteiger partial charge in [0, 0.05) is 24.4 Å². The van der Waals surface area contributed by atoms with E-state index in [2.05, 4.69) is 10.2 Å². The molecule has 1 amide bonds. The first-order valence-electron chi connectivity index (χ1n) is 8.22. The van der Waals surface area contributed by atoms with Crippen LogP contribution in [-0.2, 0) is 4.74 Å². The van der Waals surface area contributed by atoms with Crippen LogP contribution in [0.25, 0.3) is 10.9 Å². The number of aromatic nitrogens is 2. The largest absolute Gasteiger partial charge is 0.379 e. The number of benzene rings is 1. The summed E-state index contributed by atoms with van der Waals surface area (Å²) in [5.74, 6) is 1.11. The molecule has 2 heterocycles. The predicted molar refractivity (Wildman–Crippen MR) is 88.7 cm³/mol. The minimum absolute atomic E-state index is 0.0281. The summed E-state index contributed by atoms with van der Waals surface area (Å²) in [4.78, 5) is 15.0. The summed E-state index contributed by atoms with van der Waals surface area (Å²) in [6, 6.07) is 3.64. The van der Waals surface area contributed by atoms with E-state index >= 15 is 0 Å². The zero-order valence-corrected chi connectivity index (χ0v) is 13.7. The molecular weight excluding hydrogens is 314 g/mol. The average Bonchev–Trinajstić information content (AvgIpc) is 2.83. The Morgan fingerprint density at radius 2 is 2.22 bits per heavy atom. The van der Waals surface area contributed by atoms with E-state index in [1.54, 1.807) is 12.3 Å². The van der Waals surface area contributed by atoms with E-state index in [-0.39, 0.29) is 5.91 Å². The molecule has 1 aliphatic heterocycles. The van der Waals surface area contributed by atoms with Crippen LogP contribution in [0.2, 0.25) is 5.02 Å². The molecule has 1 aromatic carbocycles. The Morgan fingerprint density at radius 3 is 3.00 bits per heavy atom. The van der Waals surface area contributed by atoms with Crippen molar-refractivity contribution in [2.45, 2.75) is 19.3 Å². The molecule has 0 radical (unpaired) electrons. The number of amides is 1. The molecule has 2 fully saturated rings. The van der Waals surface area contributed by atoms with Gasteiger partial charge in [0.05, 0.1) is 35.5 Å². The Bertz CT molecular complexity index is 726. The molecule has 5 nitrogen and oxygen atoms in total. The van der Waals surface area contributed by atoms with Crippen LogP contribution < -0.4 is 0 Å². The Morgan fingerprint density at radius 1 is 1.35 bits per heavy atom. The first kappa shape index (κ1) is 15.0. The number of fused-ring (bicyclic) bond motifs is 1. The molecule has 6 heteroatoms. The Kier molecular flexibility index (Phi) is 3.99. The van der Waals surface area contributed by atoms with Crippen molar-refractivity contribution in [2.24, 2.45) is 11.8 Å². The summed E-state index contributed by atoms with van der Waals surface area (Å²) in [6.07, 6.45) is 5.53. The van der Waals surface area contributed by atoms with Crippen molar-refractivity contribution in [3.8, 4) is 0 Å². The fourth-order valence-electron chi connectivity index (χ4n) is 3.57. The monoisotopic (exact) mass is 333 g/mol. The molecule has 1 saturated carbocycles. The van der Waals surface area contributed by atoms with E-state index in [4.69, 9.17) is 16.3 Å². The molecule has 23 heavy (non-hydrogen) atoms. The maximum atomic E-state index is 13.1. The second-order valence-corrected chi connectivity index (χ2v) is 6.94. The smallest absolute Gasteiger partial charge is 0.257 e. The van der Waals surface area contributed by atoms with E-state index in [0.29, 0.717) is 41.1 Å². The van der Waals surface area contributed by atoms with Gasteiger partial charge in [-0.15, -0.1) is 0 Å². The first-order chi connectivity index (χ1) is 11.2. The summed E-state index contributed by atoms with van der Waals surface area (Å²) in [7, 11) is 0. The van der Waals surface area contributed by atoms with Gasteiger partial charge in [0.1, 0.15) is 0 Å². The standard InChI is InChI=1S/C17H20ClN3O2/c18-14-5-4-12-8-19-20-16(12)15(14)17(22)21-6-7-23-10-13(9-21)11-2-1-3-11/h4-5,8,11,13H,1-3,6-7,9-10H2,(H,19,20). The molecule has 2 aliphatic rings. The van der Waals surface area contributed by atoms with Crippen molar-refractivity contribution in [2.75, 3.05) is 26.3 Å². The zero-order valence-electron chi connectivity index (χ0n) is 12.9. The van der Waals surface area contributed by atoms with Crippen LogP contribution >= 0.6 is 11.6 Å². The number of nitrogens with one attached hydrogen (secondary N) is 1. The maximum absolute atomic E-state index is 13.1. The van der Waals surface area contributed by atoms with Gasteiger partial charge < -0.3 is 9.64 Å². The lowest BCUT2D eigenvalue weighted by molar-refractivity contribution is 0.0689. The third-order valence-corrected chi connectivity index (χ3v) is 5.49. The van der Waals surface area contributed by atoms with Crippen LogP contribution in [0.15, 0.2) is 18.3 Å². The Labute approximate surface area is 139 Å². The van der Waals surface area contributed by atoms with Gasteiger partial charge in [-0.3, -0.25) is 9.89 Å². The lowest BCUT2D eigenvalue weighted by Gasteiger charge is -2.35. The van der Waals surface area contributed by atoms with Crippen molar-refractivity contribution in [1.82, 2.24) is 15.1 Å². The lowest BCUT2D eigenvalue weighted by atomic mass is 9.76. The quantitative estimate of drug-likeness (QED) is 0.918. The molecule has 122 valence electrons. The highest BCUT2D eigenvalue weighted by molar-refractivity contribution is 6.35. The van der Waals surface area contributed by atoms with Gasteiger partial charge in [-0.05, 0) is 18.1 Å². The summed E-state index contributed by atoms with van der Waals surface area (Å²) in [5, 5.41) is 8.32. The highest BCUT2D eigenvalue weighted by Gasteiger charge is 2.33. The topological polar surface area (TPSA) is 58.2 Å². The van der Waals surface area contributed by atoms with Crippen molar-refractivity contribution >= 4 is 28.4 Å². The Balaban J connectivity index is 1.63. The summed E-state index contributed by atoms with van der Waals surface area (Å²) < 4.78 is 5.74. The number of ether oxygens (including phenoxy) is 1. The highest BCUT2D eigenvalue weighted by atomic mass is 35.5. The second-order valence-electron chi connectivity index (χ2n) is 6.53. The number of hydrogen-bond donors (Lipinski definition) is 1. The average molecular weight is 334 g/mol. The minimum Gasteiger partial charge on any atom is -0.379 e. The number of carbonyl (C=O) groups excluding carboxylic acids is 1. The zero-order chi connectivity index (χ0) is 15.8. The van der Waals surface area contributed by atoms with Crippen molar-refractivity contribution in [1.29, 1.82) is 0 Å². The van der Waals surface area contributed by atoms with E-state index in [0.717, 1.165) is 18.5 Å². The summed E-state index contributed by atoms with van der Waals surface area (Å²) in [5.41, 5.74) is 1.24. The molecule has 1 aromatic heterocycles. The molecule has 4 rings (SSSR count). The molecule has 1 saturated heterocycles. The summed E-state index contributed by atoms with van der Waals surface area (Å²) in [6.45, 7) is 2.72. The second kappa shape index (κ2) is 6.13. The maximum Gasteiger partial charge on any atom is 0.257 e. The van der Waals surface area contributed by atoms with Crippen LogP contribution in [0.3, 0.4) is 0 Å². The molecule has 0 bridgehead atoms. The van der Waals surface area contributed by atoms with Crippen molar-refractivity contribution in [3.63, 3.8) is 0 Å².